The SMILES string of the molecule is COC(=O)C1(C(=O)OC)C/C(=C(/CCC(C)=O)c2cccc(C(F)(F)F)c2)c2c(oc(-c3ccccc3)c2[C@@H](OC)c2ccccc2)C1. The lowest BCUT2D eigenvalue weighted by Crippen LogP contribution is -2.45. The first-order valence-electron chi connectivity index (χ1n) is 15.3. The number of fused-ring (bicyclic) bond motifs is 1. The summed E-state index contributed by atoms with van der Waals surface area (Å²) in [4.78, 5) is 39.6. The van der Waals surface area contributed by atoms with Crippen molar-refractivity contribution < 1.29 is 46.2 Å². The fourth-order valence-electron chi connectivity index (χ4n) is 6.45. The van der Waals surface area contributed by atoms with Crippen molar-refractivity contribution in [2.75, 3.05) is 21.3 Å². The standard InChI is InChI=1S/C38H35F3O7/c1-23(42)18-19-28(26-16-11-17-27(20-26)38(39,40)41)29-21-37(35(43)46-3,36(44)47-4)22-30-31(29)32(33(45-2)24-12-7-5-8-13-24)34(48-30)25-14-9-6-10-15-25/h5-17,20,33H,18-19,21-22H2,1-4H3/b29-28+/t33-/m0/s1. The lowest BCUT2D eigenvalue weighted by atomic mass is 9.68. The molecular weight excluding hydrogens is 625 g/mol. The molecule has 48 heavy (non-hydrogen) atoms. The minimum Gasteiger partial charge on any atom is -0.468 e. The normalized spacial score (nSPS) is 15.6. The van der Waals surface area contributed by atoms with Gasteiger partial charge in [0.15, 0.2) is 5.41 Å². The van der Waals surface area contributed by atoms with Crippen LogP contribution in [0.2, 0.25) is 0 Å². The summed E-state index contributed by atoms with van der Waals surface area (Å²) in [5.41, 5.74) is 0.547. The minimum atomic E-state index is -4.65. The first kappa shape index (κ1) is 34.4. The second kappa shape index (κ2) is 14.0. The highest BCUT2D eigenvalue weighted by atomic mass is 19.4. The Balaban J connectivity index is 1.96. The summed E-state index contributed by atoms with van der Waals surface area (Å²) in [6.07, 6.45) is -5.94. The molecule has 0 fully saturated rings. The third kappa shape index (κ3) is 6.57. The lowest BCUT2D eigenvalue weighted by molar-refractivity contribution is -0.169. The topological polar surface area (TPSA) is 92.0 Å². The van der Waals surface area contributed by atoms with E-state index in [0.717, 1.165) is 31.9 Å². The van der Waals surface area contributed by atoms with E-state index in [-0.39, 0.29) is 42.8 Å². The maximum absolute atomic E-state index is 14.0. The van der Waals surface area contributed by atoms with E-state index in [1.807, 2.05) is 60.7 Å². The number of benzene rings is 3. The van der Waals surface area contributed by atoms with E-state index in [1.54, 1.807) is 0 Å². The first-order valence-corrected chi connectivity index (χ1v) is 15.3. The molecule has 1 aliphatic carbocycles. The maximum Gasteiger partial charge on any atom is 0.416 e. The lowest BCUT2D eigenvalue weighted by Gasteiger charge is -2.34. The number of furan rings is 1. The van der Waals surface area contributed by atoms with Gasteiger partial charge in [-0.05, 0) is 47.8 Å². The molecule has 0 amide bonds. The molecule has 0 saturated heterocycles. The third-order valence-electron chi connectivity index (χ3n) is 8.68. The number of esters is 2. The summed E-state index contributed by atoms with van der Waals surface area (Å²) < 4.78 is 65.1. The van der Waals surface area contributed by atoms with Crippen molar-refractivity contribution in [2.24, 2.45) is 5.41 Å². The predicted octanol–water partition coefficient (Wildman–Crippen LogP) is 8.26. The van der Waals surface area contributed by atoms with Gasteiger partial charge < -0.3 is 23.4 Å². The van der Waals surface area contributed by atoms with Gasteiger partial charge in [-0.1, -0.05) is 72.8 Å². The Hall–Kier alpha value is -4.96. The molecule has 4 aromatic rings. The number of allylic oxidation sites excluding steroid dienone is 2. The summed E-state index contributed by atoms with van der Waals surface area (Å²) in [7, 11) is 3.83. The summed E-state index contributed by atoms with van der Waals surface area (Å²) in [5, 5.41) is 0. The Morgan fingerprint density at radius 2 is 1.46 bits per heavy atom. The van der Waals surface area contributed by atoms with Crippen molar-refractivity contribution in [3.63, 3.8) is 0 Å². The molecule has 250 valence electrons. The van der Waals surface area contributed by atoms with Crippen LogP contribution in [-0.2, 0) is 41.2 Å². The second-order valence-corrected chi connectivity index (χ2v) is 11.7. The Kier molecular flexibility index (Phi) is 10.0. The van der Waals surface area contributed by atoms with E-state index in [9.17, 15) is 27.6 Å². The first-order chi connectivity index (χ1) is 22.9. The van der Waals surface area contributed by atoms with Crippen LogP contribution >= 0.6 is 0 Å². The maximum atomic E-state index is 14.0. The number of ketones is 1. The van der Waals surface area contributed by atoms with E-state index >= 15 is 0 Å². The van der Waals surface area contributed by atoms with Gasteiger partial charge in [-0.3, -0.25) is 9.59 Å². The number of hydrogen-bond acceptors (Lipinski definition) is 7. The van der Waals surface area contributed by atoms with Crippen LogP contribution in [0.5, 0.6) is 0 Å². The molecule has 0 saturated carbocycles. The average molecular weight is 661 g/mol. The molecule has 0 bridgehead atoms. The average Bonchev–Trinajstić information content (AvgIpc) is 3.47. The molecule has 1 atom stereocenters. The highest BCUT2D eigenvalue weighted by molar-refractivity contribution is 6.06. The molecule has 3 aromatic carbocycles. The minimum absolute atomic E-state index is 0.0120. The van der Waals surface area contributed by atoms with Crippen LogP contribution in [0.15, 0.2) is 89.3 Å². The molecule has 1 heterocycles. The van der Waals surface area contributed by atoms with Crippen LogP contribution in [0.4, 0.5) is 13.2 Å². The van der Waals surface area contributed by atoms with Crippen LogP contribution < -0.4 is 0 Å². The van der Waals surface area contributed by atoms with Crippen molar-refractivity contribution in [3.05, 3.63) is 119 Å². The van der Waals surface area contributed by atoms with Crippen molar-refractivity contribution in [1.29, 1.82) is 0 Å². The van der Waals surface area contributed by atoms with Crippen LogP contribution in [0.1, 0.15) is 65.9 Å². The van der Waals surface area contributed by atoms with Gasteiger partial charge in [0, 0.05) is 43.1 Å². The van der Waals surface area contributed by atoms with Crippen molar-refractivity contribution in [2.45, 2.75) is 44.9 Å². The Bertz CT molecular complexity index is 1820. The van der Waals surface area contributed by atoms with Crippen LogP contribution in [-0.4, -0.2) is 39.1 Å². The van der Waals surface area contributed by atoms with Gasteiger partial charge in [0.05, 0.1) is 19.8 Å². The van der Waals surface area contributed by atoms with Crippen LogP contribution in [0.3, 0.4) is 0 Å². The third-order valence-corrected chi connectivity index (χ3v) is 8.68. The number of carbonyl (C=O) groups is 3. The Morgan fingerprint density at radius 1 is 0.833 bits per heavy atom. The Morgan fingerprint density at radius 3 is 2.02 bits per heavy atom. The second-order valence-electron chi connectivity index (χ2n) is 11.7. The van der Waals surface area contributed by atoms with E-state index < -0.39 is 35.2 Å². The number of alkyl halides is 3. The number of Topliss-reactive ketones (excluding diaryl/α,β-unsaturated/α-hetero) is 1. The van der Waals surface area contributed by atoms with Gasteiger partial charge in [-0.15, -0.1) is 0 Å². The van der Waals surface area contributed by atoms with Gasteiger partial charge >= 0.3 is 18.1 Å². The molecule has 1 aliphatic rings. The van der Waals surface area contributed by atoms with Gasteiger partial charge in [0.2, 0.25) is 0 Å². The van der Waals surface area contributed by atoms with Gasteiger partial charge in [-0.25, -0.2) is 0 Å². The summed E-state index contributed by atoms with van der Waals surface area (Å²) in [6, 6.07) is 23.3. The fourth-order valence-corrected chi connectivity index (χ4v) is 6.45. The molecule has 0 aliphatic heterocycles. The highest BCUT2D eigenvalue weighted by Gasteiger charge is 2.54. The zero-order valence-electron chi connectivity index (χ0n) is 27.0. The van der Waals surface area contributed by atoms with E-state index in [4.69, 9.17) is 18.6 Å². The molecule has 0 spiro atoms. The highest BCUT2D eigenvalue weighted by Crippen LogP contribution is 2.54. The number of hydrogen-bond donors (Lipinski definition) is 0. The number of methoxy groups -OCH3 is 3. The number of carbonyl (C=O) groups excluding carboxylic acids is 3. The zero-order valence-corrected chi connectivity index (χ0v) is 27.0. The molecule has 0 unspecified atom stereocenters. The number of halogens is 3. The summed E-state index contributed by atoms with van der Waals surface area (Å²) in [5.74, 6) is -1.35. The smallest absolute Gasteiger partial charge is 0.416 e. The van der Waals surface area contributed by atoms with Crippen molar-refractivity contribution in [1.82, 2.24) is 0 Å². The number of ether oxygens (including phenoxy) is 3. The van der Waals surface area contributed by atoms with Gasteiger partial charge in [0.1, 0.15) is 23.4 Å². The fraction of sp³-hybridized carbons (Fsp3) is 0.289. The summed E-state index contributed by atoms with van der Waals surface area (Å²) in [6.45, 7) is 1.39. The zero-order chi connectivity index (χ0) is 34.6. The van der Waals surface area contributed by atoms with Gasteiger partial charge in [-0.2, -0.15) is 13.2 Å². The largest absolute Gasteiger partial charge is 0.468 e. The molecule has 0 N–H and O–H groups in total. The molecule has 10 heteroatoms. The van der Waals surface area contributed by atoms with E-state index in [0.29, 0.717) is 33.6 Å². The molecule has 1 aromatic heterocycles. The molecule has 0 radical (unpaired) electrons. The monoisotopic (exact) mass is 660 g/mol. The van der Waals surface area contributed by atoms with Crippen molar-refractivity contribution in [3.8, 4) is 11.3 Å². The molecular formula is C38H35F3O7. The summed E-state index contributed by atoms with van der Waals surface area (Å²) >= 11 is 0. The Labute approximate surface area is 276 Å². The van der Waals surface area contributed by atoms with E-state index in [1.165, 1.54) is 26.2 Å². The van der Waals surface area contributed by atoms with Gasteiger partial charge in [0.25, 0.3) is 0 Å². The predicted molar refractivity (Wildman–Crippen MR) is 172 cm³/mol. The molecule has 7 nitrogen and oxygen atoms in total. The number of rotatable bonds is 10. The van der Waals surface area contributed by atoms with Crippen molar-refractivity contribution >= 4 is 28.9 Å². The van der Waals surface area contributed by atoms with Crippen LogP contribution in [0.25, 0.3) is 22.5 Å². The quantitative estimate of drug-likeness (QED) is 0.125. The van der Waals surface area contributed by atoms with Crippen LogP contribution in [0, 0.1) is 5.41 Å². The molecule has 5 rings (SSSR count). The van der Waals surface area contributed by atoms with E-state index in [2.05, 4.69) is 0 Å².